The highest BCUT2D eigenvalue weighted by atomic mass is 35.5. The number of nitrogens with zero attached hydrogens (tertiary/aromatic N) is 1. The van der Waals surface area contributed by atoms with Gasteiger partial charge in [0.25, 0.3) is 0 Å². The number of hydrogen-bond acceptors (Lipinski definition) is 2. The Labute approximate surface area is 137 Å². The van der Waals surface area contributed by atoms with Crippen molar-refractivity contribution in [2.75, 3.05) is 19.6 Å². The van der Waals surface area contributed by atoms with Crippen molar-refractivity contribution in [2.24, 2.45) is 5.92 Å². The largest absolute Gasteiger partial charge is 0.508 e. The summed E-state index contributed by atoms with van der Waals surface area (Å²) >= 11 is 0. The number of phenols is 1. The molecular formula is C18H32ClNO. The molecule has 1 N–H and O–H groups in total. The molecule has 0 aliphatic rings. The van der Waals surface area contributed by atoms with Gasteiger partial charge in [0.05, 0.1) is 0 Å². The Morgan fingerprint density at radius 1 is 1.10 bits per heavy atom. The number of benzene rings is 1. The molecule has 0 radical (unpaired) electrons. The Morgan fingerprint density at radius 2 is 1.71 bits per heavy atom. The van der Waals surface area contributed by atoms with Gasteiger partial charge < -0.3 is 10.0 Å². The highest BCUT2D eigenvalue weighted by Gasteiger charge is 2.20. The number of hydrogen-bond donors (Lipinski definition) is 1. The second kappa shape index (κ2) is 10.9. The molecule has 21 heavy (non-hydrogen) atoms. The van der Waals surface area contributed by atoms with E-state index in [1.807, 2.05) is 12.1 Å². The summed E-state index contributed by atoms with van der Waals surface area (Å²) in [7, 11) is 0. The number of phenolic OH excluding ortho intramolecular Hbond substituents is 1. The third-order valence-corrected chi connectivity index (χ3v) is 4.05. The average molecular weight is 314 g/mol. The van der Waals surface area contributed by atoms with Crippen molar-refractivity contribution in [3.05, 3.63) is 29.8 Å². The predicted molar refractivity (Wildman–Crippen MR) is 94.6 cm³/mol. The number of halogens is 1. The summed E-state index contributed by atoms with van der Waals surface area (Å²) in [5, 5.41) is 9.68. The van der Waals surface area contributed by atoms with Crippen molar-refractivity contribution in [3.63, 3.8) is 0 Å². The maximum absolute atomic E-state index is 9.68. The van der Waals surface area contributed by atoms with E-state index < -0.39 is 0 Å². The van der Waals surface area contributed by atoms with Gasteiger partial charge in [0.1, 0.15) is 5.75 Å². The minimum absolute atomic E-state index is 0. The van der Waals surface area contributed by atoms with Gasteiger partial charge in [0, 0.05) is 6.54 Å². The van der Waals surface area contributed by atoms with Crippen LogP contribution in [-0.4, -0.2) is 29.6 Å². The Hall–Kier alpha value is -0.730. The van der Waals surface area contributed by atoms with Gasteiger partial charge in [0.2, 0.25) is 0 Å². The Balaban J connectivity index is 0.00000400. The third-order valence-electron chi connectivity index (χ3n) is 4.05. The lowest BCUT2D eigenvalue weighted by atomic mass is 9.84. The van der Waals surface area contributed by atoms with Crippen molar-refractivity contribution in [1.29, 1.82) is 0 Å². The minimum atomic E-state index is 0. The lowest BCUT2D eigenvalue weighted by Gasteiger charge is -2.30. The molecule has 1 aromatic rings. The third kappa shape index (κ3) is 6.71. The van der Waals surface area contributed by atoms with Crippen molar-refractivity contribution in [3.8, 4) is 5.75 Å². The molecule has 0 heterocycles. The Kier molecular flexibility index (Phi) is 10.5. The molecule has 122 valence electrons. The standard InChI is InChI=1S/C18H31NO.ClH/c1-5-11-19(12-6-2)14-15(4)18(7-3)16-9-8-10-17(20)13-16;/h8-10,13,15,18,20H,5-7,11-12,14H2,1-4H3;1H. The topological polar surface area (TPSA) is 23.5 Å². The van der Waals surface area contributed by atoms with Crippen molar-refractivity contribution in [1.82, 2.24) is 4.90 Å². The molecule has 0 aliphatic carbocycles. The molecule has 2 nitrogen and oxygen atoms in total. The van der Waals surface area contributed by atoms with Crippen LogP contribution in [0.25, 0.3) is 0 Å². The van der Waals surface area contributed by atoms with E-state index in [1.54, 1.807) is 6.07 Å². The zero-order valence-corrected chi connectivity index (χ0v) is 14.8. The van der Waals surface area contributed by atoms with Crippen molar-refractivity contribution >= 4 is 12.4 Å². The van der Waals surface area contributed by atoms with Gasteiger partial charge in [-0.05, 0) is 61.9 Å². The van der Waals surface area contributed by atoms with Gasteiger partial charge >= 0.3 is 0 Å². The zero-order valence-electron chi connectivity index (χ0n) is 14.0. The quantitative estimate of drug-likeness (QED) is 0.688. The van der Waals surface area contributed by atoms with Crippen LogP contribution in [0.5, 0.6) is 5.75 Å². The summed E-state index contributed by atoms with van der Waals surface area (Å²) in [6.45, 7) is 12.6. The van der Waals surface area contributed by atoms with Crippen LogP contribution >= 0.6 is 12.4 Å². The van der Waals surface area contributed by atoms with E-state index in [1.165, 1.54) is 31.5 Å². The molecule has 2 atom stereocenters. The maximum atomic E-state index is 9.68. The summed E-state index contributed by atoms with van der Waals surface area (Å²) < 4.78 is 0. The van der Waals surface area contributed by atoms with E-state index in [0.717, 1.165) is 13.0 Å². The smallest absolute Gasteiger partial charge is 0.115 e. The van der Waals surface area contributed by atoms with E-state index in [-0.39, 0.29) is 12.4 Å². The van der Waals surface area contributed by atoms with Crippen LogP contribution in [0, 0.1) is 5.92 Å². The SMILES string of the molecule is CCCN(CCC)CC(C)C(CC)c1cccc(O)c1.Cl. The number of rotatable bonds is 9. The molecule has 0 fully saturated rings. The minimum Gasteiger partial charge on any atom is -0.508 e. The first-order valence-corrected chi connectivity index (χ1v) is 8.13. The van der Waals surface area contributed by atoms with Crippen LogP contribution in [-0.2, 0) is 0 Å². The van der Waals surface area contributed by atoms with E-state index >= 15 is 0 Å². The van der Waals surface area contributed by atoms with Gasteiger partial charge in [-0.2, -0.15) is 0 Å². The fourth-order valence-electron chi connectivity index (χ4n) is 3.18. The highest BCUT2D eigenvalue weighted by molar-refractivity contribution is 5.85. The average Bonchev–Trinajstić information content (AvgIpc) is 2.40. The van der Waals surface area contributed by atoms with Gasteiger partial charge in [-0.25, -0.2) is 0 Å². The Bertz CT molecular complexity index is 377. The molecule has 0 bridgehead atoms. The van der Waals surface area contributed by atoms with Gasteiger partial charge in [-0.1, -0.05) is 39.8 Å². The van der Waals surface area contributed by atoms with Crippen molar-refractivity contribution in [2.45, 2.75) is 52.9 Å². The summed E-state index contributed by atoms with van der Waals surface area (Å²) in [6, 6.07) is 7.78. The lowest BCUT2D eigenvalue weighted by Crippen LogP contribution is -2.32. The van der Waals surface area contributed by atoms with Gasteiger partial charge in [-0.15, -0.1) is 12.4 Å². The predicted octanol–water partition coefficient (Wildman–Crippen LogP) is 5.07. The van der Waals surface area contributed by atoms with Crippen LogP contribution in [0.4, 0.5) is 0 Å². The van der Waals surface area contributed by atoms with E-state index in [0.29, 0.717) is 17.6 Å². The summed E-state index contributed by atoms with van der Waals surface area (Å²) in [6.07, 6.45) is 3.56. The van der Waals surface area contributed by atoms with Crippen molar-refractivity contribution < 1.29 is 5.11 Å². The fourth-order valence-corrected chi connectivity index (χ4v) is 3.18. The summed E-state index contributed by atoms with van der Waals surface area (Å²) in [4.78, 5) is 2.58. The number of aromatic hydroxyl groups is 1. The summed E-state index contributed by atoms with van der Waals surface area (Å²) in [5.41, 5.74) is 1.27. The van der Waals surface area contributed by atoms with Crippen LogP contribution in [0.2, 0.25) is 0 Å². The zero-order chi connectivity index (χ0) is 15.0. The van der Waals surface area contributed by atoms with Crippen LogP contribution < -0.4 is 0 Å². The fraction of sp³-hybridized carbons (Fsp3) is 0.667. The maximum Gasteiger partial charge on any atom is 0.115 e. The first-order chi connectivity index (χ1) is 9.62. The molecule has 2 unspecified atom stereocenters. The first kappa shape index (κ1) is 20.3. The monoisotopic (exact) mass is 313 g/mol. The molecule has 0 saturated heterocycles. The van der Waals surface area contributed by atoms with Crippen LogP contribution in [0.15, 0.2) is 24.3 Å². The Morgan fingerprint density at radius 3 is 2.19 bits per heavy atom. The molecule has 1 rings (SSSR count). The lowest BCUT2D eigenvalue weighted by molar-refractivity contribution is 0.220. The van der Waals surface area contributed by atoms with E-state index in [9.17, 15) is 5.11 Å². The molecule has 3 heteroatoms. The van der Waals surface area contributed by atoms with E-state index in [2.05, 4.69) is 38.7 Å². The molecule has 1 aromatic carbocycles. The second-order valence-corrected chi connectivity index (χ2v) is 5.89. The van der Waals surface area contributed by atoms with Crippen LogP contribution in [0.1, 0.15) is 58.4 Å². The second-order valence-electron chi connectivity index (χ2n) is 5.89. The first-order valence-electron chi connectivity index (χ1n) is 8.13. The van der Waals surface area contributed by atoms with Crippen LogP contribution in [0.3, 0.4) is 0 Å². The normalized spacial score (nSPS) is 13.8. The molecule has 0 saturated carbocycles. The molecule has 0 amide bonds. The van der Waals surface area contributed by atoms with E-state index in [4.69, 9.17) is 0 Å². The van der Waals surface area contributed by atoms with Gasteiger partial charge in [0.15, 0.2) is 0 Å². The molecule has 0 spiro atoms. The molecular weight excluding hydrogens is 282 g/mol. The molecule has 0 aromatic heterocycles. The summed E-state index contributed by atoms with van der Waals surface area (Å²) in [5.74, 6) is 1.52. The molecule has 0 aliphatic heterocycles. The van der Waals surface area contributed by atoms with Gasteiger partial charge in [-0.3, -0.25) is 0 Å². The highest BCUT2D eigenvalue weighted by Crippen LogP contribution is 2.30.